The number of aryl methyl sites for hydroxylation is 2. The Morgan fingerprint density at radius 3 is 2.36 bits per heavy atom. The maximum atomic E-state index is 6.18. The molecule has 0 saturated carbocycles. The first-order valence-corrected chi connectivity index (χ1v) is 5.63. The summed E-state index contributed by atoms with van der Waals surface area (Å²) in [7, 11) is 0. The van der Waals surface area contributed by atoms with Crippen LogP contribution in [0.15, 0.2) is 12.1 Å². The van der Waals surface area contributed by atoms with E-state index in [4.69, 9.17) is 17.3 Å². The van der Waals surface area contributed by atoms with Crippen LogP contribution in [-0.2, 0) is 12.8 Å². The molecule has 1 aromatic rings. The summed E-state index contributed by atoms with van der Waals surface area (Å²) in [5, 5.41) is 0.834. The van der Waals surface area contributed by atoms with Crippen molar-refractivity contribution in [3.63, 3.8) is 0 Å². The van der Waals surface area contributed by atoms with Crippen LogP contribution in [0.2, 0.25) is 5.02 Å². The van der Waals surface area contributed by atoms with Crippen LogP contribution in [0.3, 0.4) is 0 Å². The molecule has 0 aliphatic heterocycles. The highest BCUT2D eigenvalue weighted by Crippen LogP contribution is 2.29. The molecule has 0 bridgehead atoms. The summed E-state index contributed by atoms with van der Waals surface area (Å²) in [6.45, 7) is 1.98. The minimum atomic E-state index is 0.0368. The monoisotopic (exact) mass is 209 g/mol. The van der Waals surface area contributed by atoms with Crippen LogP contribution in [0.1, 0.15) is 42.5 Å². The molecule has 0 radical (unpaired) electrons. The van der Waals surface area contributed by atoms with E-state index in [2.05, 4.69) is 12.1 Å². The predicted molar refractivity (Wildman–Crippen MR) is 60.7 cm³/mol. The molecular formula is C12H16ClN. The molecule has 0 unspecified atom stereocenters. The van der Waals surface area contributed by atoms with E-state index < -0.39 is 0 Å². The van der Waals surface area contributed by atoms with E-state index in [9.17, 15) is 0 Å². The fourth-order valence-corrected chi connectivity index (χ4v) is 2.48. The van der Waals surface area contributed by atoms with E-state index in [1.807, 2.05) is 6.92 Å². The molecule has 1 atom stereocenters. The molecule has 1 nitrogen and oxygen atoms in total. The van der Waals surface area contributed by atoms with Gasteiger partial charge in [0.15, 0.2) is 0 Å². The number of benzene rings is 1. The Hall–Kier alpha value is -0.530. The van der Waals surface area contributed by atoms with Gasteiger partial charge in [0.1, 0.15) is 0 Å². The Bertz CT molecular complexity index is 344. The van der Waals surface area contributed by atoms with Gasteiger partial charge in [-0.2, -0.15) is 0 Å². The molecule has 1 aliphatic carbocycles. The highest BCUT2D eigenvalue weighted by molar-refractivity contribution is 6.31. The third kappa shape index (κ3) is 1.79. The quantitative estimate of drug-likeness (QED) is 0.755. The highest BCUT2D eigenvalue weighted by Gasteiger charge is 2.13. The Morgan fingerprint density at radius 1 is 1.21 bits per heavy atom. The number of fused-ring (bicyclic) bond motifs is 1. The summed E-state index contributed by atoms with van der Waals surface area (Å²) in [6.07, 6.45) is 4.95. The fraction of sp³-hybridized carbons (Fsp3) is 0.500. The van der Waals surface area contributed by atoms with Gasteiger partial charge in [-0.1, -0.05) is 17.7 Å². The lowest BCUT2D eigenvalue weighted by molar-refractivity contribution is 0.681. The number of hydrogen-bond donors (Lipinski definition) is 1. The fourth-order valence-electron chi connectivity index (χ4n) is 2.12. The Balaban J connectivity index is 2.45. The summed E-state index contributed by atoms with van der Waals surface area (Å²) in [5.74, 6) is 0. The average Bonchev–Trinajstić information content (AvgIpc) is 2.16. The molecule has 0 amide bonds. The van der Waals surface area contributed by atoms with Gasteiger partial charge in [0, 0.05) is 11.1 Å². The van der Waals surface area contributed by atoms with Gasteiger partial charge >= 0.3 is 0 Å². The summed E-state index contributed by atoms with van der Waals surface area (Å²) in [6, 6.07) is 4.34. The van der Waals surface area contributed by atoms with Crippen LogP contribution >= 0.6 is 11.6 Å². The standard InChI is InChI=1S/C12H16ClN/c1-8(14)11-6-9-4-2-3-5-10(9)7-12(11)13/h6-8H,2-5,14H2,1H3/t8-/m0/s1. The molecule has 2 N–H and O–H groups in total. The van der Waals surface area contributed by atoms with Crippen LogP contribution < -0.4 is 5.73 Å². The third-order valence-corrected chi connectivity index (χ3v) is 3.28. The number of halogens is 1. The Labute approximate surface area is 90.3 Å². The first-order valence-electron chi connectivity index (χ1n) is 5.25. The van der Waals surface area contributed by atoms with Gasteiger partial charge in [0.2, 0.25) is 0 Å². The van der Waals surface area contributed by atoms with Gasteiger partial charge in [-0.25, -0.2) is 0 Å². The molecule has 0 aromatic heterocycles. The van der Waals surface area contributed by atoms with Crippen molar-refractivity contribution in [2.45, 2.75) is 38.6 Å². The van der Waals surface area contributed by atoms with Crippen molar-refractivity contribution in [3.05, 3.63) is 33.8 Å². The van der Waals surface area contributed by atoms with Gasteiger partial charge < -0.3 is 5.73 Å². The lowest BCUT2D eigenvalue weighted by Crippen LogP contribution is -2.09. The van der Waals surface area contributed by atoms with Gasteiger partial charge in [0.25, 0.3) is 0 Å². The van der Waals surface area contributed by atoms with Crippen molar-refractivity contribution in [3.8, 4) is 0 Å². The molecule has 1 aromatic carbocycles. The van der Waals surface area contributed by atoms with Gasteiger partial charge in [0.05, 0.1) is 0 Å². The van der Waals surface area contributed by atoms with Crippen LogP contribution in [-0.4, -0.2) is 0 Å². The number of rotatable bonds is 1. The van der Waals surface area contributed by atoms with Crippen LogP contribution in [0.25, 0.3) is 0 Å². The predicted octanol–water partition coefficient (Wildman–Crippen LogP) is 3.24. The van der Waals surface area contributed by atoms with Crippen molar-refractivity contribution in [1.82, 2.24) is 0 Å². The van der Waals surface area contributed by atoms with Crippen molar-refractivity contribution >= 4 is 11.6 Å². The summed E-state index contributed by atoms with van der Waals surface area (Å²) in [5.41, 5.74) is 9.83. The topological polar surface area (TPSA) is 26.0 Å². The zero-order valence-electron chi connectivity index (χ0n) is 8.52. The van der Waals surface area contributed by atoms with E-state index >= 15 is 0 Å². The molecule has 1 aliphatic rings. The minimum Gasteiger partial charge on any atom is -0.324 e. The van der Waals surface area contributed by atoms with Crippen molar-refractivity contribution < 1.29 is 0 Å². The van der Waals surface area contributed by atoms with E-state index in [0.29, 0.717) is 0 Å². The third-order valence-electron chi connectivity index (χ3n) is 2.95. The highest BCUT2D eigenvalue weighted by atomic mass is 35.5. The SMILES string of the molecule is C[C@H](N)c1cc2c(cc1Cl)CCCC2. The Kier molecular flexibility index (Phi) is 2.80. The Morgan fingerprint density at radius 2 is 1.79 bits per heavy atom. The molecule has 0 spiro atoms. The molecule has 0 heterocycles. The molecule has 2 heteroatoms. The van der Waals surface area contributed by atoms with E-state index in [1.165, 1.54) is 36.8 Å². The van der Waals surface area contributed by atoms with Gasteiger partial charge in [-0.05, 0) is 55.4 Å². The smallest absolute Gasteiger partial charge is 0.0456 e. The van der Waals surface area contributed by atoms with Crippen molar-refractivity contribution in [2.75, 3.05) is 0 Å². The lowest BCUT2D eigenvalue weighted by atomic mass is 9.89. The molecular weight excluding hydrogens is 194 g/mol. The number of nitrogens with two attached hydrogens (primary N) is 1. The largest absolute Gasteiger partial charge is 0.324 e. The first kappa shape index (κ1) is 10.0. The number of hydrogen-bond acceptors (Lipinski definition) is 1. The van der Waals surface area contributed by atoms with Crippen LogP contribution in [0.4, 0.5) is 0 Å². The molecule has 0 fully saturated rings. The summed E-state index contributed by atoms with van der Waals surface area (Å²) >= 11 is 6.18. The van der Waals surface area contributed by atoms with Gasteiger partial charge in [-0.3, -0.25) is 0 Å². The maximum Gasteiger partial charge on any atom is 0.0456 e. The first-order chi connectivity index (χ1) is 6.68. The zero-order chi connectivity index (χ0) is 10.1. The zero-order valence-corrected chi connectivity index (χ0v) is 9.27. The molecule has 76 valence electrons. The lowest BCUT2D eigenvalue weighted by Gasteiger charge is -2.19. The summed E-state index contributed by atoms with van der Waals surface area (Å²) < 4.78 is 0. The van der Waals surface area contributed by atoms with Crippen molar-refractivity contribution in [1.29, 1.82) is 0 Å². The molecule has 2 rings (SSSR count). The normalized spacial score (nSPS) is 17.6. The van der Waals surface area contributed by atoms with E-state index in [-0.39, 0.29) is 6.04 Å². The van der Waals surface area contributed by atoms with Crippen molar-refractivity contribution in [2.24, 2.45) is 5.73 Å². The van der Waals surface area contributed by atoms with Crippen LogP contribution in [0.5, 0.6) is 0 Å². The summed E-state index contributed by atoms with van der Waals surface area (Å²) in [4.78, 5) is 0. The molecule has 0 saturated heterocycles. The van der Waals surface area contributed by atoms with Crippen LogP contribution in [0, 0.1) is 0 Å². The second kappa shape index (κ2) is 3.92. The minimum absolute atomic E-state index is 0.0368. The van der Waals surface area contributed by atoms with Gasteiger partial charge in [-0.15, -0.1) is 0 Å². The molecule has 14 heavy (non-hydrogen) atoms. The van der Waals surface area contributed by atoms with E-state index in [0.717, 1.165) is 10.6 Å². The average molecular weight is 210 g/mol. The second-order valence-corrected chi connectivity index (χ2v) is 4.55. The second-order valence-electron chi connectivity index (χ2n) is 4.14. The van der Waals surface area contributed by atoms with E-state index in [1.54, 1.807) is 0 Å². The maximum absolute atomic E-state index is 6.18.